The quantitative estimate of drug-likeness (QED) is 0.701. The minimum Gasteiger partial charge on any atom is -0.399 e. The summed E-state index contributed by atoms with van der Waals surface area (Å²) in [6.07, 6.45) is 7.32. The fourth-order valence-electron chi connectivity index (χ4n) is 4.05. The van der Waals surface area contributed by atoms with Crippen molar-refractivity contribution >= 4 is 18.5 Å². The van der Waals surface area contributed by atoms with Gasteiger partial charge in [0.15, 0.2) is 0 Å². The topological polar surface area (TPSA) is 71.0 Å². The van der Waals surface area contributed by atoms with Crippen LogP contribution >= 0.6 is 0 Å². The van der Waals surface area contributed by atoms with E-state index >= 15 is 0 Å². The van der Waals surface area contributed by atoms with E-state index < -0.39 is 7.12 Å². The van der Waals surface area contributed by atoms with Gasteiger partial charge in [-0.2, -0.15) is 0 Å². The van der Waals surface area contributed by atoms with Crippen molar-refractivity contribution in [2.75, 3.05) is 37.7 Å². The van der Waals surface area contributed by atoms with Crippen LogP contribution in [0.3, 0.4) is 0 Å². The van der Waals surface area contributed by atoms with Gasteiger partial charge in [-0.05, 0) is 59.4 Å². The Hall–Kier alpha value is -1.22. The summed E-state index contributed by atoms with van der Waals surface area (Å²) in [6.45, 7) is 12.3. The van der Waals surface area contributed by atoms with Gasteiger partial charge in [0, 0.05) is 43.5 Å². The Morgan fingerprint density at radius 1 is 1.14 bits per heavy atom. The van der Waals surface area contributed by atoms with Crippen LogP contribution in [0.2, 0.25) is 0 Å². The molecule has 1 atom stereocenters. The molecule has 1 N–H and O–H groups in total. The SMILES string of the molecule is CC1(C)OB(c2cnc(N(C[C@H]3CCN(CCO)C3)C3CC3)nc2)OC1(C)C. The third-order valence-electron chi connectivity index (χ3n) is 6.67. The Kier molecular flexibility index (Phi) is 5.42. The molecule has 2 aliphatic heterocycles. The monoisotopic (exact) mass is 388 g/mol. The first-order valence-corrected chi connectivity index (χ1v) is 10.6. The Labute approximate surface area is 168 Å². The third kappa shape index (κ3) is 4.06. The van der Waals surface area contributed by atoms with Crippen molar-refractivity contribution in [1.82, 2.24) is 14.9 Å². The second-order valence-electron chi connectivity index (χ2n) is 9.47. The third-order valence-corrected chi connectivity index (χ3v) is 6.67. The number of β-amino-alcohol motifs (C(OH)–C–C–N with tert-alkyl or cyclic N) is 1. The standard InChI is InChI=1S/C20H33BN4O3/c1-19(2)20(3,4)28-21(27-19)16-11-22-18(23-12-16)25(17-5-6-17)14-15-7-8-24(13-15)9-10-26/h11-12,15,17,26H,5-10,13-14H2,1-4H3/t15-/m0/s1. The van der Waals surface area contributed by atoms with Gasteiger partial charge in [-0.15, -0.1) is 0 Å². The molecule has 1 aliphatic carbocycles. The minimum absolute atomic E-state index is 0.239. The van der Waals surface area contributed by atoms with Gasteiger partial charge in [0.1, 0.15) is 0 Å². The predicted molar refractivity (Wildman–Crippen MR) is 110 cm³/mol. The summed E-state index contributed by atoms with van der Waals surface area (Å²) in [4.78, 5) is 14.1. The maximum Gasteiger partial charge on any atom is 0.498 e. The van der Waals surface area contributed by atoms with Crippen LogP contribution in [-0.4, -0.2) is 77.1 Å². The number of hydrogen-bond donors (Lipinski definition) is 1. The van der Waals surface area contributed by atoms with Crippen molar-refractivity contribution in [2.45, 2.75) is 64.2 Å². The van der Waals surface area contributed by atoms with Gasteiger partial charge in [-0.1, -0.05) is 0 Å². The van der Waals surface area contributed by atoms with Crippen LogP contribution in [0.25, 0.3) is 0 Å². The van der Waals surface area contributed by atoms with Crippen LogP contribution < -0.4 is 10.4 Å². The number of nitrogens with zero attached hydrogens (tertiary/aromatic N) is 4. The molecule has 3 fully saturated rings. The summed E-state index contributed by atoms with van der Waals surface area (Å²) in [5, 5.41) is 9.16. The highest BCUT2D eigenvalue weighted by Crippen LogP contribution is 2.36. The highest BCUT2D eigenvalue weighted by Gasteiger charge is 2.52. The lowest BCUT2D eigenvalue weighted by atomic mass is 9.81. The molecule has 2 saturated heterocycles. The van der Waals surface area contributed by atoms with E-state index in [1.54, 1.807) is 0 Å². The van der Waals surface area contributed by atoms with Crippen LogP contribution in [0.15, 0.2) is 12.4 Å². The Morgan fingerprint density at radius 3 is 2.36 bits per heavy atom. The lowest BCUT2D eigenvalue weighted by molar-refractivity contribution is 0.00578. The van der Waals surface area contributed by atoms with E-state index in [1.807, 2.05) is 12.4 Å². The van der Waals surface area contributed by atoms with Gasteiger partial charge in [0.2, 0.25) is 5.95 Å². The molecule has 0 spiro atoms. The molecule has 154 valence electrons. The van der Waals surface area contributed by atoms with Crippen molar-refractivity contribution in [3.63, 3.8) is 0 Å². The second-order valence-corrected chi connectivity index (χ2v) is 9.47. The van der Waals surface area contributed by atoms with E-state index in [2.05, 4.69) is 47.5 Å². The van der Waals surface area contributed by atoms with Gasteiger partial charge >= 0.3 is 7.12 Å². The minimum atomic E-state index is -0.421. The molecule has 0 aromatic carbocycles. The van der Waals surface area contributed by atoms with Gasteiger partial charge in [0.05, 0.1) is 17.8 Å². The molecule has 28 heavy (non-hydrogen) atoms. The summed E-state index contributed by atoms with van der Waals surface area (Å²) < 4.78 is 12.2. The Morgan fingerprint density at radius 2 is 1.79 bits per heavy atom. The first-order chi connectivity index (χ1) is 13.3. The molecule has 3 aliphatic rings. The van der Waals surface area contributed by atoms with E-state index in [9.17, 15) is 0 Å². The van der Waals surface area contributed by atoms with E-state index in [4.69, 9.17) is 14.4 Å². The molecular formula is C20H33BN4O3. The summed E-state index contributed by atoms with van der Waals surface area (Å²) in [5.74, 6) is 1.42. The van der Waals surface area contributed by atoms with Crippen molar-refractivity contribution in [3.05, 3.63) is 12.4 Å². The van der Waals surface area contributed by atoms with Crippen molar-refractivity contribution < 1.29 is 14.4 Å². The van der Waals surface area contributed by atoms with Gasteiger partial charge in [-0.25, -0.2) is 9.97 Å². The molecule has 1 saturated carbocycles. The number of hydrogen-bond acceptors (Lipinski definition) is 7. The molecular weight excluding hydrogens is 355 g/mol. The first-order valence-electron chi connectivity index (χ1n) is 10.6. The van der Waals surface area contributed by atoms with Crippen molar-refractivity contribution in [2.24, 2.45) is 5.92 Å². The molecule has 1 aromatic rings. The normalized spacial score (nSPS) is 26.8. The number of aliphatic hydroxyl groups is 1. The highest BCUT2D eigenvalue weighted by molar-refractivity contribution is 6.61. The maximum atomic E-state index is 9.16. The molecule has 0 radical (unpaired) electrons. The summed E-state index contributed by atoms with van der Waals surface area (Å²) in [5.41, 5.74) is 0.145. The van der Waals surface area contributed by atoms with Crippen LogP contribution in [0.1, 0.15) is 47.0 Å². The molecule has 0 bridgehead atoms. The summed E-state index contributed by atoms with van der Waals surface area (Å²) in [6, 6.07) is 0.564. The number of aromatic nitrogens is 2. The van der Waals surface area contributed by atoms with Gasteiger partial charge < -0.3 is 24.2 Å². The van der Waals surface area contributed by atoms with Gasteiger partial charge in [-0.3, -0.25) is 0 Å². The number of rotatable bonds is 7. The van der Waals surface area contributed by atoms with E-state index in [1.165, 1.54) is 19.3 Å². The molecule has 1 aromatic heterocycles. The zero-order valence-corrected chi connectivity index (χ0v) is 17.6. The van der Waals surface area contributed by atoms with Crippen molar-refractivity contribution in [1.29, 1.82) is 0 Å². The van der Waals surface area contributed by atoms with Gasteiger partial charge in [0.25, 0.3) is 0 Å². The van der Waals surface area contributed by atoms with Crippen LogP contribution in [0.4, 0.5) is 5.95 Å². The van der Waals surface area contributed by atoms with E-state index in [0.717, 1.165) is 37.6 Å². The van der Waals surface area contributed by atoms with Crippen LogP contribution in [0.5, 0.6) is 0 Å². The molecule has 8 heteroatoms. The van der Waals surface area contributed by atoms with Crippen LogP contribution in [-0.2, 0) is 9.31 Å². The fraction of sp³-hybridized carbons (Fsp3) is 0.800. The number of likely N-dealkylation sites (tertiary alicyclic amines) is 1. The molecule has 3 heterocycles. The maximum absolute atomic E-state index is 9.16. The first kappa shape index (κ1) is 20.1. The van der Waals surface area contributed by atoms with Crippen LogP contribution in [0, 0.1) is 5.92 Å². The Bertz CT molecular complexity index is 665. The molecule has 7 nitrogen and oxygen atoms in total. The fourth-order valence-corrected chi connectivity index (χ4v) is 4.05. The summed E-state index contributed by atoms with van der Waals surface area (Å²) >= 11 is 0. The zero-order valence-electron chi connectivity index (χ0n) is 17.6. The predicted octanol–water partition coefficient (Wildman–Crippen LogP) is 1.06. The van der Waals surface area contributed by atoms with E-state index in [-0.39, 0.29) is 17.8 Å². The largest absolute Gasteiger partial charge is 0.498 e. The molecule has 0 amide bonds. The lowest BCUT2D eigenvalue weighted by Gasteiger charge is -2.32. The second kappa shape index (κ2) is 7.56. The zero-order chi connectivity index (χ0) is 19.9. The summed E-state index contributed by atoms with van der Waals surface area (Å²) in [7, 11) is -0.421. The average Bonchev–Trinajstić information content (AvgIpc) is 3.34. The van der Waals surface area contributed by atoms with Crippen molar-refractivity contribution in [3.8, 4) is 0 Å². The highest BCUT2D eigenvalue weighted by atomic mass is 16.7. The Balaban J connectivity index is 1.42. The molecule has 0 unspecified atom stereocenters. The number of aliphatic hydroxyl groups excluding tert-OH is 1. The number of anilines is 1. The lowest BCUT2D eigenvalue weighted by Crippen LogP contribution is -2.41. The smallest absolute Gasteiger partial charge is 0.399 e. The van der Waals surface area contributed by atoms with E-state index in [0.29, 0.717) is 12.0 Å². The average molecular weight is 388 g/mol. The molecule has 4 rings (SSSR count).